The lowest BCUT2D eigenvalue weighted by Gasteiger charge is -2.21. The van der Waals surface area contributed by atoms with Crippen LogP contribution in [0.15, 0.2) is 48.5 Å². The van der Waals surface area contributed by atoms with Gasteiger partial charge in [0.1, 0.15) is 12.6 Å². The molecule has 10 heteroatoms. The first kappa shape index (κ1) is 26.1. The Morgan fingerprint density at radius 2 is 1.57 bits per heavy atom. The van der Waals surface area contributed by atoms with Gasteiger partial charge in [0, 0.05) is 18.4 Å². The third-order valence-electron chi connectivity index (χ3n) is 5.80. The van der Waals surface area contributed by atoms with Gasteiger partial charge in [0.25, 0.3) is 0 Å². The molecule has 2 aromatic carbocycles. The number of hydrogen-bond donors (Lipinski definition) is 3. The zero-order chi connectivity index (χ0) is 25.6. The molecule has 0 radical (unpaired) electrons. The maximum atomic E-state index is 12.6. The Labute approximate surface area is 200 Å². The molecule has 2 aromatic rings. The number of carbonyl (C=O) groups is 3. The maximum Gasteiger partial charge on any atom is 0.407 e. The summed E-state index contributed by atoms with van der Waals surface area (Å²) < 4.78 is 43.2. The molecule has 0 spiro atoms. The van der Waals surface area contributed by atoms with E-state index in [-0.39, 0.29) is 18.9 Å². The van der Waals surface area contributed by atoms with Crippen LogP contribution in [0.4, 0.5) is 18.0 Å². The summed E-state index contributed by atoms with van der Waals surface area (Å²) in [5.74, 6) is -2.84. The van der Waals surface area contributed by atoms with Crippen LogP contribution in [0.5, 0.6) is 0 Å². The van der Waals surface area contributed by atoms with Crippen LogP contribution in [0.3, 0.4) is 0 Å². The number of halogens is 3. The molecule has 7 nitrogen and oxygen atoms in total. The highest BCUT2D eigenvalue weighted by atomic mass is 19.4. The molecule has 35 heavy (non-hydrogen) atoms. The summed E-state index contributed by atoms with van der Waals surface area (Å²) in [5.41, 5.74) is 4.22. The number of rotatable bonds is 10. The van der Waals surface area contributed by atoms with Crippen LogP contribution in [-0.4, -0.2) is 47.9 Å². The van der Waals surface area contributed by atoms with Gasteiger partial charge in [0.05, 0.1) is 6.42 Å². The van der Waals surface area contributed by atoms with Crippen LogP contribution in [0, 0.1) is 0 Å². The standard InChI is InChI=1S/C25H27F3N2O5/c1-2-7-15(12-22(31)30-21(23(32)33)13-25(26,27)28)29-24(34)35-14-20-18-10-5-3-8-16(18)17-9-4-6-11-19(17)20/h3-6,8-11,15,20-21H,2,7,12-14H2,1H3,(H,29,34)(H,30,31)(H,32,33)/t15-,21?/m0/s1. The van der Waals surface area contributed by atoms with E-state index in [0.29, 0.717) is 12.8 Å². The van der Waals surface area contributed by atoms with E-state index < -0.39 is 42.7 Å². The number of benzene rings is 2. The molecule has 1 aliphatic carbocycles. The first-order valence-electron chi connectivity index (χ1n) is 11.3. The van der Waals surface area contributed by atoms with Gasteiger partial charge in [0.15, 0.2) is 0 Å². The Kier molecular flexibility index (Phi) is 8.37. The molecule has 0 aliphatic heterocycles. The lowest BCUT2D eigenvalue weighted by molar-refractivity contribution is -0.160. The fourth-order valence-corrected chi connectivity index (χ4v) is 4.29. The molecule has 0 aromatic heterocycles. The first-order valence-corrected chi connectivity index (χ1v) is 11.3. The minimum absolute atomic E-state index is 0.0670. The highest BCUT2D eigenvalue weighted by molar-refractivity contribution is 5.84. The van der Waals surface area contributed by atoms with Crippen molar-refractivity contribution >= 4 is 18.0 Å². The molecule has 0 heterocycles. The topological polar surface area (TPSA) is 105 Å². The van der Waals surface area contributed by atoms with Crippen LogP contribution < -0.4 is 10.6 Å². The number of carbonyl (C=O) groups excluding carboxylic acids is 2. The number of nitrogens with one attached hydrogen (secondary N) is 2. The van der Waals surface area contributed by atoms with Crippen LogP contribution in [0.1, 0.15) is 49.7 Å². The first-order chi connectivity index (χ1) is 16.6. The molecular weight excluding hydrogens is 465 g/mol. The number of amides is 2. The van der Waals surface area contributed by atoms with Gasteiger partial charge in [-0.25, -0.2) is 9.59 Å². The number of fused-ring (bicyclic) bond motifs is 3. The third kappa shape index (κ3) is 6.97. The smallest absolute Gasteiger partial charge is 0.407 e. The number of hydrogen-bond acceptors (Lipinski definition) is 4. The number of alkyl halides is 3. The summed E-state index contributed by atoms with van der Waals surface area (Å²) in [7, 11) is 0. The van der Waals surface area contributed by atoms with Gasteiger partial charge in [-0.1, -0.05) is 61.9 Å². The SMILES string of the molecule is CCC[C@@H](CC(=O)NC(CC(F)(F)F)C(=O)O)NC(=O)OCC1c2ccccc2-c2ccccc21. The molecule has 1 aliphatic rings. The minimum atomic E-state index is -4.75. The molecule has 0 saturated heterocycles. The Morgan fingerprint density at radius 3 is 2.09 bits per heavy atom. The van der Waals surface area contributed by atoms with E-state index in [1.807, 2.05) is 60.8 Å². The molecule has 0 bridgehead atoms. The molecular formula is C25H27F3N2O5. The lowest BCUT2D eigenvalue weighted by atomic mass is 9.98. The van der Waals surface area contributed by atoms with Crippen molar-refractivity contribution in [3.8, 4) is 11.1 Å². The normalized spacial score (nSPS) is 14.4. The molecule has 188 valence electrons. The van der Waals surface area contributed by atoms with Gasteiger partial charge < -0.3 is 20.5 Å². The quantitative estimate of drug-likeness (QED) is 0.450. The molecule has 0 saturated carbocycles. The van der Waals surface area contributed by atoms with Crippen molar-refractivity contribution < 1.29 is 37.4 Å². The lowest BCUT2D eigenvalue weighted by Crippen LogP contribution is -2.46. The van der Waals surface area contributed by atoms with E-state index in [9.17, 15) is 27.6 Å². The summed E-state index contributed by atoms with van der Waals surface area (Å²) >= 11 is 0. The van der Waals surface area contributed by atoms with Crippen LogP contribution in [0.2, 0.25) is 0 Å². The molecule has 2 amide bonds. The fraction of sp³-hybridized carbons (Fsp3) is 0.400. The zero-order valence-electron chi connectivity index (χ0n) is 19.1. The molecule has 2 atom stereocenters. The predicted octanol–water partition coefficient (Wildman–Crippen LogP) is 4.61. The second-order valence-corrected chi connectivity index (χ2v) is 8.44. The molecule has 1 unspecified atom stereocenters. The van der Waals surface area contributed by atoms with Gasteiger partial charge in [-0.2, -0.15) is 13.2 Å². The number of aliphatic carboxylic acids is 1. The van der Waals surface area contributed by atoms with Crippen molar-refractivity contribution in [2.24, 2.45) is 0 Å². The monoisotopic (exact) mass is 492 g/mol. The Bertz CT molecular complexity index is 1030. The highest BCUT2D eigenvalue weighted by Crippen LogP contribution is 2.44. The number of carboxylic acids is 1. The summed E-state index contributed by atoms with van der Waals surface area (Å²) in [4.78, 5) is 35.8. The average Bonchev–Trinajstić information content (AvgIpc) is 3.10. The van der Waals surface area contributed by atoms with Crippen molar-refractivity contribution in [1.29, 1.82) is 0 Å². The highest BCUT2D eigenvalue weighted by Gasteiger charge is 2.36. The second kappa shape index (κ2) is 11.2. The van der Waals surface area contributed by atoms with Gasteiger partial charge in [0.2, 0.25) is 5.91 Å². The van der Waals surface area contributed by atoms with Gasteiger partial charge in [-0.15, -0.1) is 0 Å². The summed E-state index contributed by atoms with van der Waals surface area (Å²) in [6.07, 6.45) is -6.64. The van der Waals surface area contributed by atoms with Gasteiger partial charge >= 0.3 is 18.2 Å². The summed E-state index contributed by atoms with van der Waals surface area (Å²) in [6.45, 7) is 1.88. The average molecular weight is 492 g/mol. The Morgan fingerprint density at radius 1 is 1.00 bits per heavy atom. The van der Waals surface area contributed by atoms with E-state index in [1.165, 1.54) is 0 Å². The van der Waals surface area contributed by atoms with E-state index in [4.69, 9.17) is 9.84 Å². The number of alkyl carbamates (subject to hydrolysis) is 1. The van der Waals surface area contributed by atoms with Crippen molar-refractivity contribution in [2.45, 2.75) is 56.8 Å². The van der Waals surface area contributed by atoms with Gasteiger partial charge in [-0.3, -0.25) is 4.79 Å². The van der Waals surface area contributed by atoms with Crippen molar-refractivity contribution in [3.63, 3.8) is 0 Å². The van der Waals surface area contributed by atoms with Crippen LogP contribution >= 0.6 is 0 Å². The number of ether oxygens (including phenoxy) is 1. The van der Waals surface area contributed by atoms with Crippen molar-refractivity contribution in [3.05, 3.63) is 59.7 Å². The fourth-order valence-electron chi connectivity index (χ4n) is 4.29. The van der Waals surface area contributed by atoms with Gasteiger partial charge in [-0.05, 0) is 28.7 Å². The van der Waals surface area contributed by atoms with E-state index >= 15 is 0 Å². The largest absolute Gasteiger partial charge is 0.480 e. The molecule has 3 rings (SSSR count). The Hall–Kier alpha value is -3.56. The summed E-state index contributed by atoms with van der Waals surface area (Å²) in [5, 5.41) is 13.4. The third-order valence-corrected chi connectivity index (χ3v) is 5.80. The van der Waals surface area contributed by atoms with E-state index in [0.717, 1.165) is 22.3 Å². The van der Waals surface area contributed by atoms with Crippen LogP contribution in [-0.2, 0) is 14.3 Å². The molecule has 0 fully saturated rings. The van der Waals surface area contributed by atoms with Crippen molar-refractivity contribution in [1.82, 2.24) is 10.6 Å². The number of carboxylic acid groups (broad SMARTS) is 1. The van der Waals surface area contributed by atoms with Crippen LogP contribution in [0.25, 0.3) is 11.1 Å². The predicted molar refractivity (Wildman–Crippen MR) is 122 cm³/mol. The summed E-state index contributed by atoms with van der Waals surface area (Å²) in [6, 6.07) is 12.9. The van der Waals surface area contributed by atoms with Crippen molar-refractivity contribution in [2.75, 3.05) is 6.61 Å². The second-order valence-electron chi connectivity index (χ2n) is 8.44. The van der Waals surface area contributed by atoms with E-state index in [1.54, 1.807) is 0 Å². The maximum absolute atomic E-state index is 12.6. The Balaban J connectivity index is 1.58. The van der Waals surface area contributed by atoms with E-state index in [2.05, 4.69) is 5.32 Å². The zero-order valence-corrected chi connectivity index (χ0v) is 19.1. The minimum Gasteiger partial charge on any atom is -0.480 e. The molecule has 3 N–H and O–H groups in total.